The van der Waals surface area contributed by atoms with E-state index in [2.05, 4.69) is 15.6 Å². The SMILES string of the molecule is CNc1nc(-c2ccc(OC)c(NC(=O)CN(C)S(C)(=O)=O)c2)cs1. The normalized spacial score (nSPS) is 11.4. The molecule has 0 saturated heterocycles. The smallest absolute Gasteiger partial charge is 0.239 e. The van der Waals surface area contributed by atoms with Crippen LogP contribution >= 0.6 is 11.3 Å². The topological polar surface area (TPSA) is 101 Å². The third-order valence-corrected chi connectivity index (χ3v) is 5.54. The van der Waals surface area contributed by atoms with Crippen molar-refractivity contribution >= 4 is 38.1 Å². The summed E-state index contributed by atoms with van der Waals surface area (Å²) in [4.78, 5) is 16.6. The van der Waals surface area contributed by atoms with Crippen LogP contribution in [0.5, 0.6) is 5.75 Å². The largest absolute Gasteiger partial charge is 0.495 e. The summed E-state index contributed by atoms with van der Waals surface area (Å²) in [6.07, 6.45) is 1.04. The van der Waals surface area contributed by atoms with Crippen molar-refractivity contribution in [2.24, 2.45) is 0 Å². The van der Waals surface area contributed by atoms with Crippen LogP contribution in [-0.4, -0.2) is 57.6 Å². The van der Waals surface area contributed by atoms with Gasteiger partial charge >= 0.3 is 0 Å². The fraction of sp³-hybridized carbons (Fsp3) is 0.333. The first-order chi connectivity index (χ1) is 11.7. The number of methoxy groups -OCH3 is 1. The molecule has 2 rings (SSSR count). The van der Waals surface area contributed by atoms with Gasteiger partial charge in [0, 0.05) is 25.0 Å². The number of nitrogens with one attached hydrogen (secondary N) is 2. The molecule has 1 aromatic carbocycles. The van der Waals surface area contributed by atoms with Crippen LogP contribution in [-0.2, 0) is 14.8 Å². The number of anilines is 2. The second-order valence-corrected chi connectivity index (χ2v) is 8.22. The van der Waals surface area contributed by atoms with Crippen LogP contribution in [0, 0.1) is 0 Å². The van der Waals surface area contributed by atoms with Crippen molar-refractivity contribution in [2.75, 3.05) is 44.6 Å². The molecular weight excluding hydrogens is 364 g/mol. The van der Waals surface area contributed by atoms with Crippen molar-refractivity contribution in [3.05, 3.63) is 23.6 Å². The number of nitrogens with zero attached hydrogens (tertiary/aromatic N) is 2. The van der Waals surface area contributed by atoms with Crippen molar-refractivity contribution < 1.29 is 17.9 Å². The molecule has 1 aromatic heterocycles. The number of amides is 1. The lowest BCUT2D eigenvalue weighted by Gasteiger charge is -2.15. The van der Waals surface area contributed by atoms with Gasteiger partial charge in [-0.1, -0.05) is 0 Å². The van der Waals surface area contributed by atoms with E-state index in [1.807, 2.05) is 11.4 Å². The highest BCUT2D eigenvalue weighted by atomic mass is 32.2. The molecule has 0 aliphatic rings. The first kappa shape index (κ1) is 19.2. The molecule has 8 nitrogen and oxygen atoms in total. The van der Waals surface area contributed by atoms with E-state index in [0.29, 0.717) is 11.4 Å². The molecule has 0 aliphatic carbocycles. The first-order valence-electron chi connectivity index (χ1n) is 7.27. The summed E-state index contributed by atoms with van der Waals surface area (Å²) in [5.74, 6) is 0.0146. The van der Waals surface area contributed by atoms with E-state index in [9.17, 15) is 13.2 Å². The second-order valence-electron chi connectivity index (χ2n) is 5.27. The van der Waals surface area contributed by atoms with Gasteiger partial charge in [-0.15, -0.1) is 11.3 Å². The van der Waals surface area contributed by atoms with Crippen LogP contribution in [0.1, 0.15) is 0 Å². The van der Waals surface area contributed by atoms with Crippen molar-refractivity contribution in [2.45, 2.75) is 0 Å². The highest BCUT2D eigenvalue weighted by Gasteiger charge is 2.17. The highest BCUT2D eigenvalue weighted by Crippen LogP contribution is 2.32. The van der Waals surface area contributed by atoms with Gasteiger partial charge in [-0.05, 0) is 18.2 Å². The minimum absolute atomic E-state index is 0.285. The molecule has 0 aliphatic heterocycles. The monoisotopic (exact) mass is 384 g/mol. The molecule has 0 atom stereocenters. The number of likely N-dealkylation sites (N-methyl/N-ethyl adjacent to an activating group) is 1. The van der Waals surface area contributed by atoms with Crippen molar-refractivity contribution in [1.29, 1.82) is 0 Å². The van der Waals surface area contributed by atoms with E-state index >= 15 is 0 Å². The van der Waals surface area contributed by atoms with Gasteiger partial charge < -0.3 is 15.4 Å². The Morgan fingerprint density at radius 3 is 2.68 bits per heavy atom. The van der Waals surface area contributed by atoms with Gasteiger partial charge in [0.25, 0.3) is 0 Å². The van der Waals surface area contributed by atoms with Gasteiger partial charge in [0.2, 0.25) is 15.9 Å². The number of aromatic nitrogens is 1. The Balaban J connectivity index is 2.23. The summed E-state index contributed by atoms with van der Waals surface area (Å²) < 4.78 is 29.1. The van der Waals surface area contributed by atoms with Gasteiger partial charge in [0.15, 0.2) is 5.13 Å². The molecule has 0 fully saturated rings. The van der Waals surface area contributed by atoms with Gasteiger partial charge in [0.05, 0.1) is 31.3 Å². The van der Waals surface area contributed by atoms with Crippen LogP contribution in [0.3, 0.4) is 0 Å². The molecule has 1 heterocycles. The maximum atomic E-state index is 12.1. The van der Waals surface area contributed by atoms with Crippen LogP contribution in [0.15, 0.2) is 23.6 Å². The summed E-state index contributed by atoms with van der Waals surface area (Å²) in [5.41, 5.74) is 2.02. The van der Waals surface area contributed by atoms with Gasteiger partial charge in [-0.3, -0.25) is 4.79 Å². The molecule has 136 valence electrons. The summed E-state index contributed by atoms with van der Waals surface area (Å²) in [7, 11) is 1.20. The van der Waals surface area contributed by atoms with Gasteiger partial charge in [0.1, 0.15) is 5.75 Å². The number of ether oxygens (including phenoxy) is 1. The van der Waals surface area contributed by atoms with E-state index in [0.717, 1.165) is 26.9 Å². The number of hydrogen-bond donors (Lipinski definition) is 2. The van der Waals surface area contributed by atoms with Crippen molar-refractivity contribution in [3.8, 4) is 17.0 Å². The van der Waals surface area contributed by atoms with E-state index in [-0.39, 0.29) is 6.54 Å². The van der Waals surface area contributed by atoms with Crippen LogP contribution < -0.4 is 15.4 Å². The Morgan fingerprint density at radius 1 is 1.40 bits per heavy atom. The fourth-order valence-corrected chi connectivity index (χ4v) is 3.03. The lowest BCUT2D eigenvalue weighted by atomic mass is 10.1. The Labute approximate surface area is 150 Å². The average molecular weight is 384 g/mol. The predicted octanol–water partition coefficient (Wildman–Crippen LogP) is 1.69. The number of carbonyl (C=O) groups excluding carboxylic acids is 1. The third kappa shape index (κ3) is 4.91. The number of benzene rings is 1. The molecule has 10 heteroatoms. The molecule has 0 spiro atoms. The Bertz CT molecular complexity index is 864. The number of rotatable bonds is 7. The zero-order valence-corrected chi connectivity index (χ0v) is 16.0. The van der Waals surface area contributed by atoms with Crippen molar-refractivity contribution in [3.63, 3.8) is 0 Å². The molecule has 0 radical (unpaired) electrons. The lowest BCUT2D eigenvalue weighted by molar-refractivity contribution is -0.116. The van der Waals surface area contributed by atoms with Gasteiger partial charge in [-0.2, -0.15) is 4.31 Å². The predicted molar refractivity (Wildman–Crippen MR) is 99.8 cm³/mol. The summed E-state index contributed by atoms with van der Waals surface area (Å²) in [6.45, 7) is -0.285. The molecule has 0 unspecified atom stereocenters. The Hall–Kier alpha value is -2.17. The first-order valence-corrected chi connectivity index (χ1v) is 10.00. The van der Waals surface area contributed by atoms with E-state index in [1.54, 1.807) is 19.2 Å². The third-order valence-electron chi connectivity index (χ3n) is 3.42. The number of thiazole rings is 1. The molecule has 0 bridgehead atoms. The van der Waals surface area contributed by atoms with Crippen molar-refractivity contribution in [1.82, 2.24) is 9.29 Å². The number of carbonyl (C=O) groups is 1. The quantitative estimate of drug-likeness (QED) is 0.753. The molecule has 1 amide bonds. The average Bonchev–Trinajstić information content (AvgIpc) is 3.02. The second kappa shape index (κ2) is 7.81. The molecule has 2 aromatic rings. The van der Waals surface area contributed by atoms with Gasteiger partial charge in [-0.25, -0.2) is 13.4 Å². The van der Waals surface area contributed by atoms with Crippen LogP contribution in [0.25, 0.3) is 11.3 Å². The molecule has 2 N–H and O–H groups in total. The molecular formula is C15H20N4O4S2. The Morgan fingerprint density at radius 2 is 2.12 bits per heavy atom. The lowest BCUT2D eigenvalue weighted by Crippen LogP contribution is -2.34. The number of sulfonamides is 1. The number of hydrogen-bond acceptors (Lipinski definition) is 7. The summed E-state index contributed by atoms with van der Waals surface area (Å²) >= 11 is 1.47. The fourth-order valence-electron chi connectivity index (χ4n) is 2.00. The van der Waals surface area contributed by atoms with E-state index < -0.39 is 15.9 Å². The van der Waals surface area contributed by atoms with Crippen LogP contribution in [0.2, 0.25) is 0 Å². The zero-order chi connectivity index (χ0) is 18.6. The minimum atomic E-state index is -3.43. The standard InChI is InChI=1S/C15H20N4O4S2/c1-16-15-18-12(9-24-15)10-5-6-13(23-3)11(7-10)17-14(20)8-19(2)25(4,21)22/h5-7,9H,8H2,1-4H3,(H,16,18)(H,17,20). The van der Waals surface area contributed by atoms with E-state index in [4.69, 9.17) is 4.74 Å². The molecule has 25 heavy (non-hydrogen) atoms. The maximum Gasteiger partial charge on any atom is 0.239 e. The molecule has 0 saturated carbocycles. The Kier molecular flexibility index (Phi) is 5.98. The maximum absolute atomic E-state index is 12.1. The summed E-state index contributed by atoms with van der Waals surface area (Å²) in [5, 5.41) is 8.34. The zero-order valence-electron chi connectivity index (χ0n) is 14.4. The summed E-state index contributed by atoms with van der Waals surface area (Å²) in [6, 6.07) is 5.31. The highest BCUT2D eigenvalue weighted by molar-refractivity contribution is 7.88. The van der Waals surface area contributed by atoms with Crippen LogP contribution in [0.4, 0.5) is 10.8 Å². The minimum Gasteiger partial charge on any atom is -0.495 e. The van der Waals surface area contributed by atoms with E-state index in [1.165, 1.54) is 25.5 Å².